The summed E-state index contributed by atoms with van der Waals surface area (Å²) in [7, 11) is 0. The quantitative estimate of drug-likeness (QED) is 0.449. The van der Waals surface area contributed by atoms with Crippen LogP contribution in [0.25, 0.3) is 11.1 Å². The van der Waals surface area contributed by atoms with Gasteiger partial charge >= 0.3 is 0 Å². The molecule has 2 heterocycles. The van der Waals surface area contributed by atoms with Crippen molar-refractivity contribution in [2.45, 2.75) is 26.1 Å². The van der Waals surface area contributed by atoms with E-state index in [2.05, 4.69) is 15.3 Å². The molecule has 1 unspecified atom stereocenters. The lowest BCUT2D eigenvalue weighted by Gasteiger charge is -2.26. The fraction of sp³-hybridized carbons (Fsp3) is 0.143. The zero-order valence-electron chi connectivity index (χ0n) is 19.3. The standard InChI is InChI=1S/C28H25N5O2/c1-18-30-15-21(26(29)32-18)16-31-27(34)25-23-13-7-8-14-24(23)28(35)33(25)17-20-11-5-6-12-22(20)19-9-3-2-4-10-19/h2-15,25H,16-17H2,1H3,(H,31,34)(H2,29,30,32). The van der Waals surface area contributed by atoms with Gasteiger partial charge in [-0.25, -0.2) is 9.97 Å². The molecule has 5 rings (SSSR count). The largest absolute Gasteiger partial charge is 0.383 e. The Morgan fingerprint density at radius 2 is 1.63 bits per heavy atom. The average Bonchev–Trinajstić information content (AvgIpc) is 3.16. The van der Waals surface area contributed by atoms with Crippen LogP contribution in [0.4, 0.5) is 5.82 Å². The van der Waals surface area contributed by atoms with Gasteiger partial charge in [-0.3, -0.25) is 9.59 Å². The topological polar surface area (TPSA) is 101 Å². The second-order valence-electron chi connectivity index (χ2n) is 8.49. The minimum atomic E-state index is -0.755. The summed E-state index contributed by atoms with van der Waals surface area (Å²) in [6.45, 7) is 2.23. The van der Waals surface area contributed by atoms with Crippen molar-refractivity contribution in [2.75, 3.05) is 5.73 Å². The fourth-order valence-electron chi connectivity index (χ4n) is 4.48. The van der Waals surface area contributed by atoms with Crippen LogP contribution < -0.4 is 11.1 Å². The number of carbonyl (C=O) groups is 2. The van der Waals surface area contributed by atoms with E-state index < -0.39 is 6.04 Å². The molecule has 0 fully saturated rings. The lowest BCUT2D eigenvalue weighted by atomic mass is 9.99. The molecule has 1 aliphatic rings. The molecule has 0 aliphatic carbocycles. The Morgan fingerprint density at radius 1 is 0.943 bits per heavy atom. The molecule has 0 saturated heterocycles. The molecule has 1 aliphatic heterocycles. The maximum absolute atomic E-state index is 13.5. The minimum Gasteiger partial charge on any atom is -0.383 e. The van der Waals surface area contributed by atoms with E-state index in [1.54, 1.807) is 24.1 Å². The van der Waals surface area contributed by atoms with E-state index >= 15 is 0 Å². The number of carbonyl (C=O) groups excluding carboxylic acids is 2. The van der Waals surface area contributed by atoms with Crippen LogP contribution in [-0.2, 0) is 17.9 Å². The number of hydrogen-bond acceptors (Lipinski definition) is 5. The number of amides is 2. The summed E-state index contributed by atoms with van der Waals surface area (Å²) in [5.74, 6) is 0.452. The normalized spacial score (nSPS) is 14.6. The highest BCUT2D eigenvalue weighted by Crippen LogP contribution is 2.36. The molecule has 0 radical (unpaired) electrons. The Labute approximate surface area is 203 Å². The first-order chi connectivity index (χ1) is 17.0. The van der Waals surface area contributed by atoms with Crippen LogP contribution in [-0.4, -0.2) is 26.7 Å². The highest BCUT2D eigenvalue weighted by molar-refractivity contribution is 6.04. The van der Waals surface area contributed by atoms with Gasteiger partial charge in [-0.15, -0.1) is 0 Å². The van der Waals surface area contributed by atoms with Gasteiger partial charge in [0.05, 0.1) is 0 Å². The maximum Gasteiger partial charge on any atom is 0.255 e. The molecule has 35 heavy (non-hydrogen) atoms. The van der Waals surface area contributed by atoms with Gasteiger partial charge in [-0.1, -0.05) is 72.8 Å². The van der Waals surface area contributed by atoms with Gasteiger partial charge in [-0.2, -0.15) is 0 Å². The first kappa shape index (κ1) is 22.3. The van der Waals surface area contributed by atoms with E-state index in [4.69, 9.17) is 5.73 Å². The van der Waals surface area contributed by atoms with Crippen LogP contribution >= 0.6 is 0 Å². The Hall–Kier alpha value is -4.52. The van der Waals surface area contributed by atoms with Crippen molar-refractivity contribution < 1.29 is 9.59 Å². The maximum atomic E-state index is 13.5. The molecule has 7 heteroatoms. The van der Waals surface area contributed by atoms with Gasteiger partial charge in [0.2, 0.25) is 5.91 Å². The summed E-state index contributed by atoms with van der Waals surface area (Å²) in [6, 6.07) is 24.5. The van der Waals surface area contributed by atoms with Crippen LogP contribution in [0.3, 0.4) is 0 Å². The molecule has 7 nitrogen and oxygen atoms in total. The van der Waals surface area contributed by atoms with Gasteiger partial charge in [0, 0.05) is 30.4 Å². The van der Waals surface area contributed by atoms with Crippen molar-refractivity contribution in [3.8, 4) is 11.1 Å². The predicted molar refractivity (Wildman–Crippen MR) is 134 cm³/mol. The predicted octanol–water partition coefficient (Wildman–Crippen LogP) is 4.05. The van der Waals surface area contributed by atoms with Gasteiger partial charge in [0.1, 0.15) is 17.7 Å². The summed E-state index contributed by atoms with van der Waals surface area (Å²) in [6.07, 6.45) is 1.61. The van der Waals surface area contributed by atoms with Crippen molar-refractivity contribution >= 4 is 17.6 Å². The monoisotopic (exact) mass is 463 g/mol. The summed E-state index contributed by atoms with van der Waals surface area (Å²) < 4.78 is 0. The summed E-state index contributed by atoms with van der Waals surface area (Å²) >= 11 is 0. The van der Waals surface area contributed by atoms with E-state index in [-0.39, 0.29) is 18.4 Å². The zero-order valence-corrected chi connectivity index (χ0v) is 19.3. The van der Waals surface area contributed by atoms with E-state index in [0.29, 0.717) is 34.9 Å². The molecule has 3 aromatic carbocycles. The highest BCUT2D eigenvalue weighted by atomic mass is 16.2. The molecule has 0 saturated carbocycles. The van der Waals surface area contributed by atoms with Gasteiger partial charge < -0.3 is 16.0 Å². The number of nitrogens with two attached hydrogens (primary N) is 1. The van der Waals surface area contributed by atoms with Crippen LogP contribution in [0, 0.1) is 6.92 Å². The first-order valence-corrected chi connectivity index (χ1v) is 11.4. The lowest BCUT2D eigenvalue weighted by molar-refractivity contribution is -0.125. The summed E-state index contributed by atoms with van der Waals surface area (Å²) in [5, 5.41) is 2.93. The molecular formula is C28H25N5O2. The van der Waals surface area contributed by atoms with E-state index in [9.17, 15) is 9.59 Å². The summed E-state index contributed by atoms with van der Waals surface area (Å²) in [5.41, 5.74) is 10.9. The van der Waals surface area contributed by atoms with Gasteiger partial charge in [-0.05, 0) is 35.2 Å². The number of nitrogens with zero attached hydrogens (tertiary/aromatic N) is 3. The number of aryl methyl sites for hydroxylation is 1. The third kappa shape index (κ3) is 4.36. The van der Waals surface area contributed by atoms with Crippen molar-refractivity contribution in [3.63, 3.8) is 0 Å². The number of benzene rings is 3. The molecule has 3 N–H and O–H groups in total. The van der Waals surface area contributed by atoms with Crippen LogP contribution in [0.1, 0.15) is 38.9 Å². The molecule has 2 amide bonds. The summed E-state index contributed by atoms with van der Waals surface area (Å²) in [4.78, 5) is 36.9. The van der Waals surface area contributed by atoms with E-state index in [0.717, 1.165) is 16.7 Å². The van der Waals surface area contributed by atoms with E-state index in [1.807, 2.05) is 72.8 Å². The third-order valence-corrected chi connectivity index (χ3v) is 6.22. The van der Waals surface area contributed by atoms with E-state index in [1.165, 1.54) is 0 Å². The van der Waals surface area contributed by atoms with Crippen LogP contribution in [0.15, 0.2) is 85.1 Å². The number of aromatic nitrogens is 2. The fourth-order valence-corrected chi connectivity index (χ4v) is 4.48. The third-order valence-electron chi connectivity index (χ3n) is 6.22. The minimum absolute atomic E-state index is 0.165. The Balaban J connectivity index is 1.45. The molecule has 4 aromatic rings. The zero-order chi connectivity index (χ0) is 24.4. The number of hydrogen-bond donors (Lipinski definition) is 2. The SMILES string of the molecule is Cc1ncc(CNC(=O)C2c3ccccc3C(=O)N2Cc2ccccc2-c2ccccc2)c(N)n1. The number of nitrogen functional groups attached to an aromatic ring is 1. The Morgan fingerprint density at radius 3 is 2.40 bits per heavy atom. The number of fused-ring (bicyclic) bond motifs is 1. The average molecular weight is 464 g/mol. The number of nitrogens with one attached hydrogen (secondary N) is 1. The first-order valence-electron chi connectivity index (χ1n) is 11.4. The smallest absolute Gasteiger partial charge is 0.255 e. The molecule has 174 valence electrons. The lowest BCUT2D eigenvalue weighted by Crippen LogP contribution is -2.38. The van der Waals surface area contributed by atoms with Gasteiger partial charge in [0.25, 0.3) is 5.91 Å². The molecule has 0 bridgehead atoms. The molecule has 0 spiro atoms. The highest BCUT2D eigenvalue weighted by Gasteiger charge is 2.41. The second kappa shape index (κ2) is 9.38. The van der Waals surface area contributed by atoms with Crippen molar-refractivity contribution in [3.05, 3.63) is 113 Å². The van der Waals surface area contributed by atoms with Crippen molar-refractivity contribution in [1.82, 2.24) is 20.2 Å². The van der Waals surface area contributed by atoms with Crippen molar-refractivity contribution in [1.29, 1.82) is 0 Å². The second-order valence-corrected chi connectivity index (χ2v) is 8.49. The van der Waals surface area contributed by atoms with Gasteiger partial charge in [0.15, 0.2) is 0 Å². The number of rotatable bonds is 6. The number of anilines is 1. The molecule has 1 atom stereocenters. The Bertz CT molecular complexity index is 1400. The van der Waals surface area contributed by atoms with Crippen LogP contribution in [0.5, 0.6) is 0 Å². The van der Waals surface area contributed by atoms with Crippen molar-refractivity contribution in [2.24, 2.45) is 0 Å². The van der Waals surface area contributed by atoms with Crippen LogP contribution in [0.2, 0.25) is 0 Å². The molecule has 1 aromatic heterocycles. The molecular weight excluding hydrogens is 438 g/mol. The Kier molecular flexibility index (Phi) is 5.97.